The van der Waals surface area contributed by atoms with Crippen molar-refractivity contribution in [1.82, 2.24) is 4.98 Å². The number of benzene rings is 1. The molecule has 10 heteroatoms. The molecule has 1 aliphatic rings. The van der Waals surface area contributed by atoms with Crippen LogP contribution in [-0.4, -0.2) is 41.5 Å². The van der Waals surface area contributed by atoms with E-state index in [9.17, 15) is 27.6 Å². The number of rotatable bonds is 4. The highest BCUT2D eigenvalue weighted by Gasteiger charge is 2.34. The fourth-order valence-electron chi connectivity index (χ4n) is 3.74. The molecule has 1 aromatic carbocycles. The van der Waals surface area contributed by atoms with Gasteiger partial charge < -0.3 is 14.6 Å². The summed E-state index contributed by atoms with van der Waals surface area (Å²) >= 11 is 1.41. The molecule has 0 bridgehead atoms. The van der Waals surface area contributed by atoms with Crippen LogP contribution in [0.4, 0.5) is 18.9 Å². The van der Waals surface area contributed by atoms with Gasteiger partial charge in [-0.05, 0) is 37.1 Å². The first kappa shape index (κ1) is 23.9. The van der Waals surface area contributed by atoms with Gasteiger partial charge in [0.2, 0.25) is 5.91 Å². The second kappa shape index (κ2) is 9.01. The summed E-state index contributed by atoms with van der Waals surface area (Å²) < 4.78 is 44.7. The molecular weight excluding hydrogens is 445 g/mol. The maximum atomic E-state index is 13.3. The average molecular weight is 468 g/mol. The Hall–Kier alpha value is -2.75. The van der Waals surface area contributed by atoms with Gasteiger partial charge in [0, 0.05) is 29.3 Å². The minimum absolute atomic E-state index is 0.0906. The maximum Gasteiger partial charge on any atom is 0.416 e. The molecule has 1 unspecified atom stereocenters. The smallest absolute Gasteiger partial charge is 0.416 e. The number of nitrogens with one attached hydrogen (secondary N) is 1. The number of H-pyrrole nitrogens is 1. The van der Waals surface area contributed by atoms with Gasteiger partial charge in [0.05, 0.1) is 36.0 Å². The van der Waals surface area contributed by atoms with E-state index in [4.69, 9.17) is 4.74 Å². The van der Waals surface area contributed by atoms with Gasteiger partial charge in [-0.3, -0.25) is 9.59 Å². The molecule has 0 fully saturated rings. The molecule has 1 N–H and O–H groups in total. The number of aromatic nitrogens is 1. The zero-order valence-electron chi connectivity index (χ0n) is 18.1. The topological polar surface area (TPSA) is 79.5 Å². The summed E-state index contributed by atoms with van der Waals surface area (Å²) in [5.41, 5.74) is 0.193. The van der Waals surface area contributed by atoms with Crippen LogP contribution in [0.2, 0.25) is 0 Å². The van der Waals surface area contributed by atoms with Gasteiger partial charge in [0.1, 0.15) is 0 Å². The molecule has 32 heavy (non-hydrogen) atoms. The molecule has 2 heterocycles. The molecule has 1 amide bonds. The molecule has 2 aromatic rings. The number of thioether (sulfide) groups is 1. The zero-order chi connectivity index (χ0) is 23.8. The quantitative estimate of drug-likeness (QED) is 0.516. The van der Waals surface area contributed by atoms with Crippen molar-refractivity contribution < 1.29 is 32.3 Å². The molecular formula is C22H23F3N2O4S. The Morgan fingerprint density at radius 1 is 1.28 bits per heavy atom. The van der Waals surface area contributed by atoms with E-state index in [-0.39, 0.29) is 46.6 Å². The Morgan fingerprint density at radius 2 is 1.97 bits per heavy atom. The Bertz CT molecular complexity index is 1080. The van der Waals surface area contributed by atoms with Crippen molar-refractivity contribution >= 4 is 35.1 Å². The fraction of sp³-hybridized carbons (Fsp3) is 0.409. The lowest BCUT2D eigenvalue weighted by Gasteiger charge is -2.23. The summed E-state index contributed by atoms with van der Waals surface area (Å²) in [7, 11) is 1.19. The largest absolute Gasteiger partial charge is 0.465 e. The number of nitrogens with zero attached hydrogens (tertiary/aromatic N) is 1. The molecule has 3 rings (SSSR count). The second-order valence-corrected chi connectivity index (χ2v) is 9.13. The summed E-state index contributed by atoms with van der Waals surface area (Å²) in [6.07, 6.45) is -4.26. The van der Waals surface area contributed by atoms with Crippen LogP contribution in [0.15, 0.2) is 23.1 Å². The van der Waals surface area contributed by atoms with E-state index in [1.54, 1.807) is 6.92 Å². The molecule has 1 aromatic heterocycles. The van der Waals surface area contributed by atoms with Gasteiger partial charge in [-0.25, -0.2) is 4.79 Å². The van der Waals surface area contributed by atoms with Crippen molar-refractivity contribution in [2.75, 3.05) is 18.6 Å². The standard InChI is InChI=1S/C22H23F3N2O4S/c1-11-7-8-27(16-9-14(22(23,24)25)5-6-17(16)32-11)18(29)10-15-19(21(30)31-4)12(2)20(26-15)13(3)28/h5-6,9,11,26H,7-8,10H2,1-4H3. The third-order valence-corrected chi connectivity index (χ3v) is 6.60. The van der Waals surface area contributed by atoms with Gasteiger partial charge >= 0.3 is 12.1 Å². The van der Waals surface area contributed by atoms with E-state index in [0.717, 1.165) is 12.1 Å². The van der Waals surface area contributed by atoms with Crippen LogP contribution in [0.5, 0.6) is 0 Å². The van der Waals surface area contributed by atoms with Gasteiger partial charge in [0.25, 0.3) is 0 Å². The minimum Gasteiger partial charge on any atom is -0.465 e. The first-order valence-corrected chi connectivity index (χ1v) is 10.8. The number of fused-ring (bicyclic) bond motifs is 1. The molecule has 0 saturated carbocycles. The number of esters is 1. The van der Waals surface area contributed by atoms with E-state index in [2.05, 4.69) is 4.98 Å². The highest BCUT2D eigenvalue weighted by Crippen LogP contribution is 2.41. The lowest BCUT2D eigenvalue weighted by molar-refractivity contribution is -0.137. The number of hydrogen-bond acceptors (Lipinski definition) is 5. The number of ketones is 1. The normalized spacial score (nSPS) is 16.3. The van der Waals surface area contributed by atoms with Gasteiger partial charge in [0.15, 0.2) is 5.78 Å². The van der Waals surface area contributed by atoms with E-state index in [0.29, 0.717) is 16.9 Å². The summed E-state index contributed by atoms with van der Waals surface area (Å²) in [5, 5.41) is 0.103. The van der Waals surface area contributed by atoms with Crippen LogP contribution >= 0.6 is 11.8 Å². The van der Waals surface area contributed by atoms with E-state index < -0.39 is 23.6 Å². The predicted octanol–water partition coefficient (Wildman–Crippen LogP) is 4.79. The Balaban J connectivity index is 2.03. The third kappa shape index (κ3) is 4.69. The number of Topliss-reactive ketones (excluding diaryl/α,β-unsaturated/α-hetero) is 1. The Morgan fingerprint density at radius 3 is 2.56 bits per heavy atom. The summed E-state index contributed by atoms with van der Waals surface area (Å²) in [6, 6.07) is 3.38. The van der Waals surface area contributed by atoms with Gasteiger partial charge in [-0.2, -0.15) is 13.2 Å². The number of amides is 1. The van der Waals surface area contributed by atoms with Crippen molar-refractivity contribution in [3.63, 3.8) is 0 Å². The monoisotopic (exact) mass is 468 g/mol. The molecule has 0 aliphatic carbocycles. The van der Waals surface area contributed by atoms with Crippen molar-refractivity contribution in [3.05, 3.63) is 46.3 Å². The fourth-order valence-corrected chi connectivity index (χ4v) is 4.83. The van der Waals surface area contributed by atoms with Crippen LogP contribution in [0.1, 0.15) is 57.9 Å². The third-order valence-electron chi connectivity index (χ3n) is 5.36. The number of hydrogen-bond donors (Lipinski definition) is 1. The van der Waals surface area contributed by atoms with Crippen LogP contribution in [0.25, 0.3) is 0 Å². The van der Waals surface area contributed by atoms with E-state index in [1.165, 1.54) is 36.8 Å². The number of halogens is 3. The van der Waals surface area contributed by atoms with Crippen molar-refractivity contribution in [1.29, 1.82) is 0 Å². The predicted molar refractivity (Wildman–Crippen MR) is 114 cm³/mol. The Labute approximate surface area is 187 Å². The van der Waals surface area contributed by atoms with E-state index in [1.807, 2.05) is 6.92 Å². The van der Waals surface area contributed by atoms with Crippen LogP contribution in [0, 0.1) is 6.92 Å². The number of alkyl halides is 3. The lowest BCUT2D eigenvalue weighted by atomic mass is 10.1. The minimum atomic E-state index is -4.54. The number of methoxy groups -OCH3 is 1. The lowest BCUT2D eigenvalue weighted by Crippen LogP contribution is -2.34. The summed E-state index contributed by atoms with van der Waals surface area (Å²) in [4.78, 5) is 42.2. The summed E-state index contributed by atoms with van der Waals surface area (Å²) in [6.45, 7) is 5.08. The molecule has 1 atom stereocenters. The first-order valence-electron chi connectivity index (χ1n) is 9.93. The van der Waals surface area contributed by atoms with E-state index >= 15 is 0 Å². The van der Waals surface area contributed by atoms with Gasteiger partial charge in [-0.15, -0.1) is 11.8 Å². The number of carbonyl (C=O) groups excluding carboxylic acids is 3. The highest BCUT2D eigenvalue weighted by atomic mass is 32.2. The van der Waals surface area contributed by atoms with Crippen molar-refractivity contribution in [2.45, 2.75) is 49.9 Å². The number of aromatic amines is 1. The first-order chi connectivity index (χ1) is 14.9. The van der Waals surface area contributed by atoms with Crippen LogP contribution in [0.3, 0.4) is 0 Å². The number of anilines is 1. The molecule has 0 radical (unpaired) electrons. The van der Waals surface area contributed by atoms with Crippen LogP contribution in [-0.2, 0) is 22.1 Å². The van der Waals surface area contributed by atoms with Crippen molar-refractivity contribution in [2.24, 2.45) is 0 Å². The molecule has 0 saturated heterocycles. The number of ether oxygens (including phenoxy) is 1. The maximum absolute atomic E-state index is 13.3. The SMILES string of the molecule is COC(=O)c1c(CC(=O)N2CCC(C)Sc3ccc(C(F)(F)F)cc32)[nH]c(C(C)=O)c1C. The average Bonchev–Trinajstić information content (AvgIpc) is 2.93. The molecule has 6 nitrogen and oxygen atoms in total. The highest BCUT2D eigenvalue weighted by molar-refractivity contribution is 8.00. The van der Waals surface area contributed by atoms with Gasteiger partial charge in [-0.1, -0.05) is 6.92 Å². The molecule has 1 aliphatic heterocycles. The number of carbonyl (C=O) groups is 3. The summed E-state index contributed by atoms with van der Waals surface area (Å²) in [5.74, 6) is -1.50. The second-order valence-electron chi connectivity index (χ2n) is 7.65. The molecule has 172 valence electrons. The van der Waals surface area contributed by atoms with Crippen LogP contribution < -0.4 is 4.90 Å². The Kier molecular flexibility index (Phi) is 6.73. The zero-order valence-corrected chi connectivity index (χ0v) is 18.9. The van der Waals surface area contributed by atoms with Crippen molar-refractivity contribution in [3.8, 4) is 0 Å². The molecule has 0 spiro atoms.